The number of likely N-dealkylation sites (tertiary alicyclic amines) is 1. The zero-order valence-electron chi connectivity index (χ0n) is 11.1. The van der Waals surface area contributed by atoms with Crippen LogP contribution in [0.3, 0.4) is 0 Å². The van der Waals surface area contributed by atoms with E-state index < -0.39 is 0 Å². The number of rotatable bonds is 2. The summed E-state index contributed by atoms with van der Waals surface area (Å²) in [5.74, 6) is 1.78. The van der Waals surface area contributed by atoms with E-state index in [0.29, 0.717) is 17.6 Å². The molecular weight excluding hydrogens is 222 g/mol. The van der Waals surface area contributed by atoms with Crippen LogP contribution in [0.4, 0.5) is 0 Å². The summed E-state index contributed by atoms with van der Waals surface area (Å²) in [5, 5.41) is 0. The molecular formula is C16H22NO+. The summed E-state index contributed by atoms with van der Waals surface area (Å²) in [4.78, 5) is 11.6. The van der Waals surface area contributed by atoms with Crippen LogP contribution >= 0.6 is 0 Å². The minimum Gasteiger partial charge on any atom is -0.322 e. The van der Waals surface area contributed by atoms with Gasteiger partial charge in [0.15, 0.2) is 0 Å². The normalized spacial score (nSPS) is 35.5. The predicted octanol–water partition coefficient (Wildman–Crippen LogP) is 2.63. The van der Waals surface area contributed by atoms with Crippen molar-refractivity contribution in [1.82, 2.24) is 0 Å². The van der Waals surface area contributed by atoms with E-state index >= 15 is 0 Å². The molecule has 1 aliphatic carbocycles. The van der Waals surface area contributed by atoms with Crippen molar-refractivity contribution >= 4 is 5.78 Å². The third-order valence-corrected chi connectivity index (χ3v) is 4.50. The van der Waals surface area contributed by atoms with Gasteiger partial charge in [0.1, 0.15) is 12.3 Å². The van der Waals surface area contributed by atoms with Crippen molar-refractivity contribution in [3.05, 3.63) is 35.9 Å². The maximum atomic E-state index is 11.6. The molecule has 3 atom stereocenters. The van der Waals surface area contributed by atoms with Gasteiger partial charge in [-0.15, -0.1) is 0 Å². The van der Waals surface area contributed by atoms with Crippen molar-refractivity contribution in [3.63, 3.8) is 0 Å². The minimum atomic E-state index is 0.502. The molecule has 18 heavy (non-hydrogen) atoms. The molecule has 2 bridgehead atoms. The first-order chi connectivity index (χ1) is 8.63. The van der Waals surface area contributed by atoms with Gasteiger partial charge in [-0.05, 0) is 6.42 Å². The molecule has 2 heteroatoms. The Labute approximate surface area is 109 Å². The summed E-state index contributed by atoms with van der Waals surface area (Å²) in [7, 11) is 2.36. The number of benzene rings is 1. The van der Waals surface area contributed by atoms with Crippen LogP contribution < -0.4 is 0 Å². The summed E-state index contributed by atoms with van der Waals surface area (Å²) >= 11 is 0. The third kappa shape index (κ3) is 2.49. The highest BCUT2D eigenvalue weighted by atomic mass is 16.1. The van der Waals surface area contributed by atoms with Crippen LogP contribution in [0, 0.1) is 11.8 Å². The van der Waals surface area contributed by atoms with Crippen LogP contribution in [0.15, 0.2) is 30.3 Å². The summed E-state index contributed by atoms with van der Waals surface area (Å²) < 4.78 is 1.12. The zero-order chi connectivity index (χ0) is 12.6. The van der Waals surface area contributed by atoms with Gasteiger partial charge in [0.2, 0.25) is 0 Å². The first-order valence-electron chi connectivity index (χ1n) is 7.02. The van der Waals surface area contributed by atoms with Gasteiger partial charge in [0, 0.05) is 30.2 Å². The Morgan fingerprint density at radius 2 is 1.72 bits per heavy atom. The van der Waals surface area contributed by atoms with Crippen molar-refractivity contribution in [2.75, 3.05) is 20.1 Å². The molecule has 0 N–H and O–H groups in total. The Bertz CT molecular complexity index is 424. The molecule has 96 valence electrons. The van der Waals surface area contributed by atoms with Gasteiger partial charge in [-0.25, -0.2) is 0 Å². The van der Waals surface area contributed by atoms with E-state index in [9.17, 15) is 4.79 Å². The quantitative estimate of drug-likeness (QED) is 0.731. The average molecular weight is 244 g/mol. The number of fused-ring (bicyclic) bond motifs is 2. The number of carbonyl (C=O) groups is 1. The molecule has 2 aliphatic rings. The highest BCUT2D eigenvalue weighted by Gasteiger charge is 2.41. The largest absolute Gasteiger partial charge is 0.322 e. The fourth-order valence-corrected chi connectivity index (χ4v) is 4.12. The molecule has 1 aliphatic heterocycles. The van der Waals surface area contributed by atoms with Gasteiger partial charge in [-0.2, -0.15) is 0 Å². The second kappa shape index (κ2) is 4.51. The monoisotopic (exact) mass is 244 g/mol. The van der Waals surface area contributed by atoms with E-state index in [1.165, 1.54) is 25.1 Å². The van der Waals surface area contributed by atoms with Gasteiger partial charge in [0.25, 0.3) is 0 Å². The first kappa shape index (κ1) is 11.9. The number of hydrogen-bond donors (Lipinski definition) is 0. The average Bonchev–Trinajstić information content (AvgIpc) is 2.27. The lowest BCUT2D eigenvalue weighted by molar-refractivity contribution is -0.934. The lowest BCUT2D eigenvalue weighted by atomic mass is 9.76. The van der Waals surface area contributed by atoms with E-state index in [1.54, 1.807) is 0 Å². The first-order valence-corrected chi connectivity index (χ1v) is 7.02. The molecule has 1 unspecified atom stereocenters. The maximum absolute atomic E-state index is 11.6. The lowest BCUT2D eigenvalue weighted by Gasteiger charge is -2.46. The second-order valence-electron chi connectivity index (χ2n) is 6.54. The third-order valence-electron chi connectivity index (χ3n) is 4.50. The fourth-order valence-electron chi connectivity index (χ4n) is 4.12. The number of piperidine rings is 1. The van der Waals surface area contributed by atoms with E-state index in [0.717, 1.165) is 23.9 Å². The van der Waals surface area contributed by atoms with Gasteiger partial charge >= 0.3 is 0 Å². The predicted molar refractivity (Wildman–Crippen MR) is 71.9 cm³/mol. The topological polar surface area (TPSA) is 17.1 Å². The Hall–Kier alpha value is -1.15. The Kier molecular flexibility index (Phi) is 2.98. The Morgan fingerprint density at radius 3 is 2.33 bits per heavy atom. The van der Waals surface area contributed by atoms with Crippen molar-refractivity contribution in [1.29, 1.82) is 0 Å². The van der Waals surface area contributed by atoms with E-state index in [4.69, 9.17) is 0 Å². The van der Waals surface area contributed by atoms with E-state index in [-0.39, 0.29) is 0 Å². The van der Waals surface area contributed by atoms with Gasteiger partial charge in [0.05, 0.1) is 20.1 Å². The number of nitrogens with zero attached hydrogens (tertiary/aromatic N) is 1. The van der Waals surface area contributed by atoms with E-state index in [1.807, 2.05) is 0 Å². The van der Waals surface area contributed by atoms with Crippen molar-refractivity contribution in [2.45, 2.75) is 25.8 Å². The Morgan fingerprint density at radius 1 is 1.11 bits per heavy atom. The number of quaternary nitrogens is 1. The molecule has 0 spiro atoms. The van der Waals surface area contributed by atoms with Crippen LogP contribution in [0.5, 0.6) is 0 Å². The van der Waals surface area contributed by atoms with Crippen LogP contribution in [-0.2, 0) is 11.3 Å². The van der Waals surface area contributed by atoms with Crippen molar-refractivity contribution in [3.8, 4) is 0 Å². The molecule has 2 fully saturated rings. The summed E-state index contributed by atoms with van der Waals surface area (Å²) in [6, 6.07) is 10.8. The SMILES string of the molecule is C[N+]1(Cc2ccccc2)C[C@@H]2CC(=O)C[C@@H](C2)C1. The highest BCUT2D eigenvalue weighted by molar-refractivity contribution is 5.79. The van der Waals surface area contributed by atoms with Crippen LogP contribution in [0.1, 0.15) is 24.8 Å². The van der Waals surface area contributed by atoms with E-state index in [2.05, 4.69) is 37.4 Å². The van der Waals surface area contributed by atoms with Gasteiger partial charge in [-0.1, -0.05) is 30.3 Å². The summed E-state index contributed by atoms with van der Waals surface area (Å²) in [6.45, 7) is 3.47. The number of hydrogen-bond acceptors (Lipinski definition) is 1. The fraction of sp³-hybridized carbons (Fsp3) is 0.562. The second-order valence-corrected chi connectivity index (χ2v) is 6.54. The lowest BCUT2D eigenvalue weighted by Crippen LogP contribution is -2.55. The zero-order valence-corrected chi connectivity index (χ0v) is 11.1. The molecule has 0 amide bonds. The van der Waals surface area contributed by atoms with Crippen LogP contribution in [0.25, 0.3) is 0 Å². The van der Waals surface area contributed by atoms with Crippen LogP contribution in [0.2, 0.25) is 0 Å². The smallest absolute Gasteiger partial charge is 0.133 e. The molecule has 1 aromatic rings. The summed E-state index contributed by atoms with van der Waals surface area (Å²) in [6.07, 6.45) is 2.95. The molecule has 1 saturated carbocycles. The number of Topliss-reactive ketones (excluding diaryl/α,β-unsaturated/α-hetero) is 1. The van der Waals surface area contributed by atoms with Gasteiger partial charge in [-0.3, -0.25) is 4.79 Å². The van der Waals surface area contributed by atoms with Crippen molar-refractivity contribution in [2.24, 2.45) is 11.8 Å². The molecule has 3 rings (SSSR count). The molecule has 1 heterocycles. The van der Waals surface area contributed by atoms with Crippen molar-refractivity contribution < 1.29 is 9.28 Å². The molecule has 0 aromatic heterocycles. The molecule has 1 aromatic carbocycles. The highest BCUT2D eigenvalue weighted by Crippen LogP contribution is 2.36. The number of ketones is 1. The minimum absolute atomic E-state index is 0.502. The summed E-state index contributed by atoms with van der Waals surface area (Å²) in [5.41, 5.74) is 1.42. The number of carbonyl (C=O) groups excluding carboxylic acids is 1. The molecule has 1 saturated heterocycles. The maximum Gasteiger partial charge on any atom is 0.133 e. The van der Waals surface area contributed by atoms with Gasteiger partial charge < -0.3 is 4.48 Å². The molecule has 2 nitrogen and oxygen atoms in total. The molecule has 0 radical (unpaired) electrons. The Balaban J connectivity index is 1.74. The standard InChI is InChI=1S/C16H22NO/c1-17(10-13-5-3-2-4-6-13)11-14-7-15(12-17)9-16(18)8-14/h2-6,14-15H,7-12H2,1H3/q+1/t14-,15+,17?. The van der Waals surface area contributed by atoms with Crippen LogP contribution in [-0.4, -0.2) is 30.4 Å².